The number of carbonyl (C=O) groups excluding carboxylic acids is 1. The molecule has 0 saturated carbocycles. The largest absolute Gasteiger partial charge is 0.480 e. The van der Waals surface area contributed by atoms with Gasteiger partial charge >= 0.3 is 5.97 Å². The number of hydrogen-bond donors (Lipinski definition) is 2. The first-order valence-corrected chi connectivity index (χ1v) is 5.38. The van der Waals surface area contributed by atoms with E-state index >= 15 is 0 Å². The van der Waals surface area contributed by atoms with Gasteiger partial charge in [0.15, 0.2) is 0 Å². The first kappa shape index (κ1) is 11.9. The van der Waals surface area contributed by atoms with Crippen molar-refractivity contribution >= 4 is 17.6 Å². The molecule has 1 atom stereocenters. The van der Waals surface area contributed by atoms with E-state index in [9.17, 15) is 9.59 Å². The number of carboxylic acid groups (broad SMARTS) is 1. The molecule has 18 heavy (non-hydrogen) atoms. The SMILES string of the molecule is N#Cc1cccc(N2CC(=O)NCC2C(=O)O)c1. The second-order valence-corrected chi connectivity index (χ2v) is 3.95. The van der Waals surface area contributed by atoms with Gasteiger partial charge in [-0.2, -0.15) is 5.26 Å². The molecule has 1 aromatic carbocycles. The fourth-order valence-electron chi connectivity index (χ4n) is 1.89. The fraction of sp³-hybridized carbons (Fsp3) is 0.250. The highest BCUT2D eigenvalue weighted by Crippen LogP contribution is 2.20. The van der Waals surface area contributed by atoms with Crippen molar-refractivity contribution in [2.45, 2.75) is 6.04 Å². The van der Waals surface area contributed by atoms with E-state index in [0.29, 0.717) is 11.3 Å². The second-order valence-electron chi connectivity index (χ2n) is 3.95. The number of carboxylic acids is 1. The van der Waals surface area contributed by atoms with Gasteiger partial charge in [0.2, 0.25) is 5.91 Å². The summed E-state index contributed by atoms with van der Waals surface area (Å²) in [6.07, 6.45) is 0. The third-order valence-corrected chi connectivity index (χ3v) is 2.77. The maximum Gasteiger partial charge on any atom is 0.328 e. The smallest absolute Gasteiger partial charge is 0.328 e. The van der Waals surface area contributed by atoms with Crippen molar-refractivity contribution in [3.63, 3.8) is 0 Å². The predicted molar refractivity (Wildman–Crippen MR) is 62.9 cm³/mol. The molecule has 6 heteroatoms. The van der Waals surface area contributed by atoms with Crippen LogP contribution in [0, 0.1) is 11.3 Å². The highest BCUT2D eigenvalue weighted by molar-refractivity contribution is 5.89. The van der Waals surface area contributed by atoms with Crippen molar-refractivity contribution < 1.29 is 14.7 Å². The van der Waals surface area contributed by atoms with Gasteiger partial charge in [0.1, 0.15) is 6.04 Å². The van der Waals surface area contributed by atoms with Gasteiger partial charge in [-0.05, 0) is 18.2 Å². The van der Waals surface area contributed by atoms with Crippen molar-refractivity contribution in [3.05, 3.63) is 29.8 Å². The number of nitrogens with zero attached hydrogens (tertiary/aromatic N) is 2. The van der Waals surface area contributed by atoms with Gasteiger partial charge in [0, 0.05) is 12.2 Å². The van der Waals surface area contributed by atoms with Crippen LogP contribution in [-0.2, 0) is 9.59 Å². The number of rotatable bonds is 2. The molecular formula is C12H11N3O3. The third-order valence-electron chi connectivity index (χ3n) is 2.77. The van der Waals surface area contributed by atoms with Crippen LogP contribution >= 0.6 is 0 Å². The fourth-order valence-corrected chi connectivity index (χ4v) is 1.89. The molecule has 1 heterocycles. The maximum absolute atomic E-state index is 11.4. The number of amides is 1. The zero-order chi connectivity index (χ0) is 13.1. The Bertz CT molecular complexity index is 536. The molecule has 0 spiro atoms. The van der Waals surface area contributed by atoms with Gasteiger partial charge in [-0.15, -0.1) is 0 Å². The monoisotopic (exact) mass is 245 g/mol. The maximum atomic E-state index is 11.4. The molecule has 1 saturated heterocycles. The van der Waals surface area contributed by atoms with Gasteiger partial charge in [-0.3, -0.25) is 4.79 Å². The van der Waals surface area contributed by atoms with Crippen LogP contribution in [0.5, 0.6) is 0 Å². The van der Waals surface area contributed by atoms with Crippen molar-refractivity contribution in [1.29, 1.82) is 5.26 Å². The van der Waals surface area contributed by atoms with Gasteiger partial charge < -0.3 is 15.3 Å². The van der Waals surface area contributed by atoms with Gasteiger partial charge in [0.05, 0.1) is 18.2 Å². The van der Waals surface area contributed by atoms with Crippen LogP contribution in [0.15, 0.2) is 24.3 Å². The Balaban J connectivity index is 2.35. The molecule has 6 nitrogen and oxygen atoms in total. The number of anilines is 1. The van der Waals surface area contributed by atoms with Crippen molar-refractivity contribution in [1.82, 2.24) is 5.32 Å². The molecule has 0 bridgehead atoms. The molecule has 0 aliphatic carbocycles. The Labute approximate surface area is 103 Å². The van der Waals surface area contributed by atoms with E-state index in [4.69, 9.17) is 10.4 Å². The van der Waals surface area contributed by atoms with E-state index in [1.807, 2.05) is 6.07 Å². The number of nitriles is 1. The predicted octanol–water partition coefficient (Wildman–Crippen LogP) is -0.0523. The van der Waals surface area contributed by atoms with Crippen LogP contribution in [0.4, 0.5) is 5.69 Å². The molecule has 1 aliphatic heterocycles. The van der Waals surface area contributed by atoms with E-state index in [2.05, 4.69) is 5.32 Å². The molecule has 1 unspecified atom stereocenters. The first-order chi connectivity index (χ1) is 8.61. The van der Waals surface area contributed by atoms with Crippen molar-refractivity contribution in [3.8, 4) is 6.07 Å². The number of hydrogen-bond acceptors (Lipinski definition) is 4. The first-order valence-electron chi connectivity index (χ1n) is 5.38. The summed E-state index contributed by atoms with van der Waals surface area (Å²) in [5.41, 5.74) is 0.999. The van der Waals surface area contributed by atoms with Gasteiger partial charge in [-0.25, -0.2) is 4.79 Å². The number of piperazine rings is 1. The topological polar surface area (TPSA) is 93.4 Å². The van der Waals surface area contributed by atoms with Crippen LogP contribution in [0.1, 0.15) is 5.56 Å². The quantitative estimate of drug-likeness (QED) is 0.761. The van der Waals surface area contributed by atoms with Crippen LogP contribution < -0.4 is 10.2 Å². The van der Waals surface area contributed by atoms with E-state index in [-0.39, 0.29) is 19.0 Å². The lowest BCUT2D eigenvalue weighted by Gasteiger charge is -2.34. The third kappa shape index (κ3) is 2.25. The van der Waals surface area contributed by atoms with E-state index in [1.165, 1.54) is 4.90 Å². The Hall–Kier alpha value is -2.55. The summed E-state index contributed by atoms with van der Waals surface area (Å²) < 4.78 is 0. The summed E-state index contributed by atoms with van der Waals surface area (Å²) in [7, 11) is 0. The Morgan fingerprint density at radius 2 is 2.33 bits per heavy atom. The zero-order valence-electron chi connectivity index (χ0n) is 9.46. The lowest BCUT2D eigenvalue weighted by molar-refractivity contribution is -0.139. The number of nitrogens with one attached hydrogen (secondary N) is 1. The number of carbonyl (C=O) groups is 2. The average Bonchev–Trinajstić information content (AvgIpc) is 2.38. The minimum atomic E-state index is -1.00. The summed E-state index contributed by atoms with van der Waals surface area (Å²) in [4.78, 5) is 24.0. The number of benzene rings is 1. The lowest BCUT2D eigenvalue weighted by atomic mass is 10.1. The Kier molecular flexibility index (Phi) is 3.15. The molecule has 1 amide bonds. The summed E-state index contributed by atoms with van der Waals surface area (Å²) in [5, 5.41) is 20.5. The standard InChI is InChI=1S/C12H11N3O3/c13-5-8-2-1-3-9(4-8)15-7-11(16)14-6-10(15)12(17)18/h1-4,10H,6-7H2,(H,14,16)(H,17,18). The van der Waals surface area contributed by atoms with Crippen molar-refractivity contribution in [2.75, 3.05) is 18.0 Å². The normalized spacial score (nSPS) is 18.9. The molecule has 0 radical (unpaired) electrons. The van der Waals surface area contributed by atoms with Crippen LogP contribution in [0.25, 0.3) is 0 Å². The highest BCUT2D eigenvalue weighted by atomic mass is 16.4. The van der Waals surface area contributed by atoms with Crippen LogP contribution in [0.3, 0.4) is 0 Å². The van der Waals surface area contributed by atoms with E-state index < -0.39 is 12.0 Å². The molecule has 1 fully saturated rings. The minimum Gasteiger partial charge on any atom is -0.480 e. The van der Waals surface area contributed by atoms with Crippen molar-refractivity contribution in [2.24, 2.45) is 0 Å². The Morgan fingerprint density at radius 1 is 1.56 bits per heavy atom. The Morgan fingerprint density at radius 3 is 3.00 bits per heavy atom. The average molecular weight is 245 g/mol. The lowest BCUT2D eigenvalue weighted by Crippen LogP contribution is -2.57. The molecule has 92 valence electrons. The molecule has 1 aliphatic rings. The summed E-state index contributed by atoms with van der Waals surface area (Å²) >= 11 is 0. The molecular weight excluding hydrogens is 234 g/mol. The van der Waals surface area contributed by atoms with Gasteiger partial charge in [-0.1, -0.05) is 6.07 Å². The van der Waals surface area contributed by atoms with Crippen LogP contribution in [-0.4, -0.2) is 36.1 Å². The van der Waals surface area contributed by atoms with Crippen LogP contribution in [0.2, 0.25) is 0 Å². The molecule has 1 aromatic rings. The van der Waals surface area contributed by atoms with E-state index in [1.54, 1.807) is 24.3 Å². The summed E-state index contributed by atoms with van der Waals surface area (Å²) in [6.45, 7) is 0.0385. The zero-order valence-corrected chi connectivity index (χ0v) is 9.46. The molecule has 2 N–H and O–H groups in total. The second kappa shape index (κ2) is 4.75. The highest BCUT2D eigenvalue weighted by Gasteiger charge is 2.31. The minimum absolute atomic E-state index is 0.0220. The summed E-state index contributed by atoms with van der Waals surface area (Å²) in [5.74, 6) is -1.23. The molecule has 2 rings (SSSR count). The summed E-state index contributed by atoms with van der Waals surface area (Å²) in [6, 6.07) is 7.74. The number of aliphatic carboxylic acids is 1. The van der Waals surface area contributed by atoms with Gasteiger partial charge in [0.25, 0.3) is 0 Å². The molecule has 0 aromatic heterocycles. The van der Waals surface area contributed by atoms with E-state index in [0.717, 1.165) is 0 Å².